The molecule has 27 heavy (non-hydrogen) atoms. The van der Waals surface area contributed by atoms with Crippen LogP contribution < -0.4 is 10.6 Å². The van der Waals surface area contributed by atoms with E-state index in [1.165, 1.54) is 6.07 Å². The van der Waals surface area contributed by atoms with Gasteiger partial charge in [0.15, 0.2) is 0 Å². The Kier molecular flexibility index (Phi) is 5.14. The third-order valence-corrected chi connectivity index (χ3v) is 4.20. The normalized spacial score (nSPS) is 11.4. The van der Waals surface area contributed by atoms with E-state index in [0.29, 0.717) is 5.69 Å². The highest BCUT2D eigenvalue weighted by Gasteiger charge is 2.31. The Bertz CT molecular complexity index is 1010. The number of nitrogens with one attached hydrogen (secondary N) is 2. The molecule has 0 aliphatic carbocycles. The number of carbonyl (C=O) groups is 1. The fraction of sp³-hybridized carbons (Fsp3) is 0.105. The van der Waals surface area contributed by atoms with Gasteiger partial charge in [0.1, 0.15) is 5.75 Å². The summed E-state index contributed by atoms with van der Waals surface area (Å²) in [7, 11) is 0. The summed E-state index contributed by atoms with van der Waals surface area (Å²) >= 11 is 5.87. The van der Waals surface area contributed by atoms with Gasteiger partial charge in [-0.25, -0.2) is 0 Å². The molecule has 0 saturated heterocycles. The number of phenols is 1. The molecule has 0 fully saturated rings. The zero-order chi connectivity index (χ0) is 19.6. The topological polar surface area (TPSA) is 61.4 Å². The predicted octanol–water partition coefficient (Wildman–Crippen LogP) is 5.27. The standard InChI is InChI=1S/C19H14ClF3N2O2/c20-15-7-4-12(19(21,22)23)9-17(15)25-18(27)10-24-16-3-1-2-11-8-13(26)5-6-14(11)16/h1-9,24,26H,10H2,(H,25,27). The maximum absolute atomic E-state index is 12.8. The molecule has 4 nitrogen and oxygen atoms in total. The first kappa shape index (κ1) is 18.8. The number of halogens is 4. The summed E-state index contributed by atoms with van der Waals surface area (Å²) < 4.78 is 38.4. The maximum atomic E-state index is 12.8. The van der Waals surface area contributed by atoms with E-state index in [2.05, 4.69) is 10.6 Å². The molecule has 3 N–H and O–H groups in total. The van der Waals surface area contributed by atoms with Gasteiger partial charge < -0.3 is 15.7 Å². The minimum Gasteiger partial charge on any atom is -0.508 e. The summed E-state index contributed by atoms with van der Waals surface area (Å²) in [6, 6.07) is 12.9. The first-order valence-corrected chi connectivity index (χ1v) is 8.24. The molecule has 3 aromatic rings. The van der Waals surface area contributed by atoms with Gasteiger partial charge in [-0.2, -0.15) is 13.2 Å². The monoisotopic (exact) mass is 394 g/mol. The number of fused-ring (bicyclic) bond motifs is 1. The van der Waals surface area contributed by atoms with E-state index in [1.54, 1.807) is 24.3 Å². The van der Waals surface area contributed by atoms with E-state index in [-0.39, 0.29) is 23.0 Å². The number of phenolic OH excluding ortho intramolecular Hbond substituents is 1. The van der Waals surface area contributed by atoms with Gasteiger partial charge in [-0.3, -0.25) is 4.79 Å². The average Bonchev–Trinajstić information content (AvgIpc) is 2.60. The summed E-state index contributed by atoms with van der Waals surface area (Å²) in [5.41, 5.74) is -0.358. The fourth-order valence-corrected chi connectivity index (χ4v) is 2.76. The number of rotatable bonds is 4. The Morgan fingerprint density at radius 3 is 2.56 bits per heavy atom. The van der Waals surface area contributed by atoms with Crippen molar-refractivity contribution in [2.45, 2.75) is 6.18 Å². The Morgan fingerprint density at radius 1 is 1.04 bits per heavy atom. The first-order chi connectivity index (χ1) is 12.7. The minimum atomic E-state index is -4.53. The van der Waals surface area contributed by atoms with Gasteiger partial charge in [-0.05, 0) is 47.9 Å². The molecule has 0 aliphatic rings. The molecule has 8 heteroatoms. The third-order valence-electron chi connectivity index (χ3n) is 3.87. The van der Waals surface area contributed by atoms with Gasteiger partial charge in [-0.1, -0.05) is 23.7 Å². The lowest BCUT2D eigenvalue weighted by atomic mass is 10.1. The molecule has 140 valence electrons. The van der Waals surface area contributed by atoms with Crippen LogP contribution >= 0.6 is 11.6 Å². The number of carbonyl (C=O) groups excluding carboxylic acids is 1. The highest BCUT2D eigenvalue weighted by Crippen LogP contribution is 2.34. The molecule has 3 aromatic carbocycles. The van der Waals surface area contributed by atoms with Gasteiger partial charge in [0.05, 0.1) is 22.8 Å². The smallest absolute Gasteiger partial charge is 0.416 e. The van der Waals surface area contributed by atoms with Crippen molar-refractivity contribution in [3.8, 4) is 5.75 Å². The van der Waals surface area contributed by atoms with Crippen LogP contribution in [0, 0.1) is 0 Å². The second kappa shape index (κ2) is 7.36. The number of alkyl halides is 3. The van der Waals surface area contributed by atoms with Crippen molar-refractivity contribution in [1.82, 2.24) is 0 Å². The van der Waals surface area contributed by atoms with Crippen LogP contribution in [0.4, 0.5) is 24.5 Å². The number of aromatic hydroxyl groups is 1. The number of anilines is 2. The number of hydrogen-bond acceptors (Lipinski definition) is 3. The van der Waals surface area contributed by atoms with Gasteiger partial charge in [0, 0.05) is 11.1 Å². The van der Waals surface area contributed by atoms with E-state index in [1.807, 2.05) is 6.07 Å². The molecule has 0 aromatic heterocycles. The Hall–Kier alpha value is -2.93. The SMILES string of the molecule is O=C(CNc1cccc2cc(O)ccc12)Nc1cc(C(F)(F)F)ccc1Cl. The minimum absolute atomic E-state index is 0.0111. The van der Waals surface area contributed by atoms with Crippen molar-refractivity contribution in [3.05, 3.63) is 65.2 Å². The molecule has 0 saturated carbocycles. The molecular formula is C19H14ClF3N2O2. The number of benzene rings is 3. The molecule has 0 aliphatic heterocycles. The third kappa shape index (κ3) is 4.43. The summed E-state index contributed by atoms with van der Waals surface area (Å²) in [4.78, 5) is 12.1. The van der Waals surface area contributed by atoms with Crippen LogP contribution in [0.1, 0.15) is 5.56 Å². The van der Waals surface area contributed by atoms with Crippen LogP contribution in [-0.4, -0.2) is 17.6 Å². The Morgan fingerprint density at radius 2 is 1.81 bits per heavy atom. The van der Waals surface area contributed by atoms with E-state index < -0.39 is 17.6 Å². The van der Waals surface area contributed by atoms with E-state index in [9.17, 15) is 23.1 Å². The van der Waals surface area contributed by atoms with Crippen LogP contribution in [0.2, 0.25) is 5.02 Å². The van der Waals surface area contributed by atoms with Crippen molar-refractivity contribution in [1.29, 1.82) is 0 Å². The first-order valence-electron chi connectivity index (χ1n) is 7.86. The number of amides is 1. The Balaban J connectivity index is 1.72. The molecule has 3 rings (SSSR count). The van der Waals surface area contributed by atoms with Gasteiger partial charge >= 0.3 is 6.18 Å². The second-order valence-corrected chi connectivity index (χ2v) is 6.21. The molecular weight excluding hydrogens is 381 g/mol. The number of hydrogen-bond donors (Lipinski definition) is 3. The maximum Gasteiger partial charge on any atom is 0.416 e. The second-order valence-electron chi connectivity index (χ2n) is 5.81. The van der Waals surface area contributed by atoms with E-state index >= 15 is 0 Å². The van der Waals surface area contributed by atoms with Crippen LogP contribution in [-0.2, 0) is 11.0 Å². The van der Waals surface area contributed by atoms with Crippen molar-refractivity contribution in [2.75, 3.05) is 17.2 Å². The van der Waals surface area contributed by atoms with Crippen LogP contribution in [0.25, 0.3) is 10.8 Å². The van der Waals surface area contributed by atoms with Crippen LogP contribution in [0.3, 0.4) is 0 Å². The predicted molar refractivity (Wildman–Crippen MR) is 99.2 cm³/mol. The molecule has 0 spiro atoms. The zero-order valence-corrected chi connectivity index (χ0v) is 14.5. The molecule has 0 bridgehead atoms. The molecule has 1 amide bonds. The average molecular weight is 395 g/mol. The summed E-state index contributed by atoms with van der Waals surface area (Å²) in [5, 5.41) is 16.4. The molecule has 0 radical (unpaired) electrons. The van der Waals surface area contributed by atoms with Crippen molar-refractivity contribution >= 4 is 39.7 Å². The van der Waals surface area contributed by atoms with Crippen molar-refractivity contribution in [3.63, 3.8) is 0 Å². The summed E-state index contributed by atoms with van der Waals surface area (Å²) in [5.74, 6) is -0.427. The quantitative estimate of drug-likeness (QED) is 0.565. The van der Waals surface area contributed by atoms with E-state index in [0.717, 1.165) is 29.0 Å². The summed E-state index contributed by atoms with van der Waals surface area (Å²) in [6.45, 7) is -0.174. The molecule has 0 atom stereocenters. The summed E-state index contributed by atoms with van der Waals surface area (Å²) in [6.07, 6.45) is -4.53. The van der Waals surface area contributed by atoms with Crippen molar-refractivity contribution in [2.24, 2.45) is 0 Å². The lowest BCUT2D eigenvalue weighted by Gasteiger charge is -2.13. The lowest BCUT2D eigenvalue weighted by Crippen LogP contribution is -2.22. The van der Waals surface area contributed by atoms with Gasteiger partial charge in [-0.15, -0.1) is 0 Å². The molecule has 0 heterocycles. The van der Waals surface area contributed by atoms with Gasteiger partial charge in [0.25, 0.3) is 0 Å². The van der Waals surface area contributed by atoms with E-state index in [4.69, 9.17) is 11.6 Å². The Labute approximate surface area is 157 Å². The van der Waals surface area contributed by atoms with Crippen LogP contribution in [0.15, 0.2) is 54.6 Å². The molecule has 0 unspecified atom stereocenters. The fourth-order valence-electron chi connectivity index (χ4n) is 2.59. The largest absolute Gasteiger partial charge is 0.508 e. The zero-order valence-electron chi connectivity index (χ0n) is 13.8. The highest BCUT2D eigenvalue weighted by molar-refractivity contribution is 6.33. The van der Waals surface area contributed by atoms with Gasteiger partial charge in [0.2, 0.25) is 5.91 Å². The van der Waals surface area contributed by atoms with Crippen LogP contribution in [0.5, 0.6) is 5.75 Å². The highest BCUT2D eigenvalue weighted by atomic mass is 35.5. The lowest BCUT2D eigenvalue weighted by molar-refractivity contribution is -0.137. The van der Waals surface area contributed by atoms with Crippen molar-refractivity contribution < 1.29 is 23.1 Å².